The zero-order valence-corrected chi connectivity index (χ0v) is 36.5. The number of pyridine rings is 2. The molecule has 2 aromatic heterocycles. The number of anilines is 2. The van der Waals surface area contributed by atoms with Gasteiger partial charge in [-0.2, -0.15) is 0 Å². The van der Waals surface area contributed by atoms with Crippen LogP contribution in [0.3, 0.4) is 0 Å². The Hall–Kier alpha value is -7.84. The van der Waals surface area contributed by atoms with Crippen molar-refractivity contribution < 1.29 is 19.8 Å². The Labute approximate surface area is 371 Å². The summed E-state index contributed by atoms with van der Waals surface area (Å²) >= 11 is 0. The Balaban J connectivity index is 1.16. The number of benzene rings is 6. The molecule has 0 radical (unpaired) electrons. The molecule has 0 unspecified atom stereocenters. The summed E-state index contributed by atoms with van der Waals surface area (Å²) < 4.78 is 0. The standard InChI is InChI=1S/C56H46N4O4/c1-29(2)49-41-23-31(5)37(25-39(41)43(53(61)55(49)63)27-57-51-33-15-7-11-19-45(33)59-46-20-12-8-16-34(46)51)38-26-40-42(24-32(38)6)50(30(3)4)56(64)54(62)44(40)28-58-52-35-17-9-13-21-47(35)60-48-22-14-10-18-36(48)52/h7-30,63-64H,1-6H3,(H,57,59)(H,58,60)/b43-27-,44-28-. The first-order valence-electron chi connectivity index (χ1n) is 21.7. The van der Waals surface area contributed by atoms with Crippen LogP contribution in [0.1, 0.15) is 61.1 Å². The molecule has 0 saturated heterocycles. The maximum absolute atomic E-state index is 14.4. The molecule has 0 bridgehead atoms. The second-order valence-corrected chi connectivity index (χ2v) is 17.4. The molecule has 2 aliphatic carbocycles. The fraction of sp³-hybridized carbons (Fsp3) is 0.143. The van der Waals surface area contributed by atoms with Crippen LogP contribution in [0.5, 0.6) is 0 Å². The van der Waals surface area contributed by atoms with E-state index in [2.05, 4.69) is 22.8 Å². The van der Waals surface area contributed by atoms with E-state index in [9.17, 15) is 19.8 Å². The predicted molar refractivity (Wildman–Crippen MR) is 262 cm³/mol. The highest BCUT2D eigenvalue weighted by Gasteiger charge is 2.35. The molecular formula is C56H46N4O4. The summed E-state index contributed by atoms with van der Waals surface area (Å²) in [6.45, 7) is 12.0. The fourth-order valence-corrected chi connectivity index (χ4v) is 9.62. The van der Waals surface area contributed by atoms with Crippen molar-refractivity contribution in [1.82, 2.24) is 9.97 Å². The maximum Gasteiger partial charge on any atom is 0.229 e. The molecule has 0 fully saturated rings. The molecule has 64 heavy (non-hydrogen) atoms. The van der Waals surface area contributed by atoms with Crippen LogP contribution in [0, 0.1) is 25.7 Å². The summed E-state index contributed by atoms with van der Waals surface area (Å²) in [5.41, 5.74) is 13.3. The molecule has 4 N–H and O–H groups in total. The van der Waals surface area contributed by atoms with E-state index in [1.165, 1.54) is 0 Å². The molecule has 10 rings (SSSR count). The van der Waals surface area contributed by atoms with Gasteiger partial charge in [0.25, 0.3) is 0 Å². The Morgan fingerprint density at radius 2 is 0.766 bits per heavy atom. The van der Waals surface area contributed by atoms with Gasteiger partial charge in [-0.25, -0.2) is 9.97 Å². The van der Waals surface area contributed by atoms with Crippen molar-refractivity contribution in [3.8, 4) is 11.1 Å². The lowest BCUT2D eigenvalue weighted by Gasteiger charge is -2.28. The zero-order chi connectivity index (χ0) is 44.6. The number of aryl methyl sites for hydroxylation is 2. The van der Waals surface area contributed by atoms with E-state index in [4.69, 9.17) is 9.97 Å². The van der Waals surface area contributed by atoms with E-state index in [-0.39, 0.29) is 23.4 Å². The average molecular weight is 839 g/mol. The highest BCUT2D eigenvalue weighted by molar-refractivity contribution is 6.34. The molecule has 0 spiro atoms. The van der Waals surface area contributed by atoms with Crippen LogP contribution in [0.25, 0.3) is 77.0 Å². The van der Waals surface area contributed by atoms with Gasteiger partial charge in [0, 0.05) is 56.2 Å². The SMILES string of the molecule is Cc1cc2c(cc1-c1cc3c(cc1C)C(C(C)C)=C(O)C(=O)/C3=C\Nc1c3ccccc3nc3ccccc13)/C(=C/Nc1c3ccccc3nc3ccccc13)C(=O)C(O)=C2C(C)C. The number of nitrogens with zero attached hydrogens (tertiary/aromatic N) is 2. The number of aliphatic hydroxyl groups is 2. The van der Waals surface area contributed by atoms with E-state index in [0.717, 1.165) is 88.4 Å². The first kappa shape index (κ1) is 40.2. The van der Waals surface area contributed by atoms with Crippen molar-refractivity contribution in [2.45, 2.75) is 41.5 Å². The van der Waals surface area contributed by atoms with Gasteiger partial charge in [0.1, 0.15) is 0 Å². The second-order valence-electron chi connectivity index (χ2n) is 17.4. The van der Waals surface area contributed by atoms with Crippen molar-refractivity contribution in [2.24, 2.45) is 11.8 Å². The van der Waals surface area contributed by atoms with Crippen molar-refractivity contribution >= 4 is 88.8 Å². The van der Waals surface area contributed by atoms with Crippen LogP contribution in [0.2, 0.25) is 0 Å². The third-order valence-corrected chi connectivity index (χ3v) is 12.7. The van der Waals surface area contributed by atoms with Gasteiger partial charge >= 0.3 is 0 Å². The molecule has 2 aliphatic rings. The molecule has 8 heteroatoms. The minimum Gasteiger partial charge on any atom is -0.504 e. The molecule has 0 atom stereocenters. The molecule has 0 amide bonds. The molecular weight excluding hydrogens is 793 g/mol. The summed E-state index contributed by atoms with van der Waals surface area (Å²) in [5, 5.41) is 33.8. The van der Waals surface area contributed by atoms with Crippen LogP contribution >= 0.6 is 0 Å². The number of para-hydroxylation sites is 4. The number of fused-ring (bicyclic) bond motifs is 6. The maximum atomic E-state index is 14.4. The van der Waals surface area contributed by atoms with Crippen LogP contribution in [0.4, 0.5) is 11.4 Å². The van der Waals surface area contributed by atoms with Gasteiger partial charge in [-0.1, -0.05) is 113 Å². The summed E-state index contributed by atoms with van der Waals surface area (Å²) in [6.07, 6.45) is 3.42. The van der Waals surface area contributed by atoms with Crippen LogP contribution < -0.4 is 10.6 Å². The number of carbonyl (C=O) groups is 2. The summed E-state index contributed by atoms with van der Waals surface area (Å²) in [4.78, 5) is 38.5. The van der Waals surface area contributed by atoms with Crippen LogP contribution in [0.15, 0.2) is 145 Å². The number of Topliss-reactive ketones (excluding diaryl/α,β-unsaturated/α-hetero) is 2. The van der Waals surface area contributed by atoms with Gasteiger partial charge in [-0.15, -0.1) is 0 Å². The molecule has 2 heterocycles. The van der Waals surface area contributed by atoms with Gasteiger partial charge in [0.05, 0.1) is 33.4 Å². The quantitative estimate of drug-likeness (QED) is 0.0924. The van der Waals surface area contributed by atoms with Gasteiger partial charge in [-0.05, 0) is 107 Å². The second kappa shape index (κ2) is 15.5. The highest BCUT2D eigenvalue weighted by atomic mass is 16.3. The Bertz CT molecular complexity index is 3140. The highest BCUT2D eigenvalue weighted by Crippen LogP contribution is 2.46. The number of rotatable bonds is 7. The van der Waals surface area contributed by atoms with Crippen molar-refractivity contribution in [3.63, 3.8) is 0 Å². The van der Waals surface area contributed by atoms with Crippen LogP contribution in [-0.2, 0) is 9.59 Å². The third-order valence-electron chi connectivity index (χ3n) is 12.7. The van der Waals surface area contributed by atoms with Crippen LogP contribution in [-0.4, -0.2) is 31.7 Å². The molecule has 314 valence electrons. The Kier molecular flexibility index (Phi) is 9.75. The van der Waals surface area contributed by atoms with Gasteiger partial charge in [0.15, 0.2) is 11.5 Å². The summed E-state index contributed by atoms with van der Waals surface area (Å²) in [5.74, 6) is -1.75. The topological polar surface area (TPSA) is 124 Å². The number of aromatic nitrogens is 2. The molecule has 0 aliphatic heterocycles. The van der Waals surface area contributed by atoms with Gasteiger partial charge in [-0.3, -0.25) is 9.59 Å². The summed E-state index contributed by atoms with van der Waals surface area (Å²) in [7, 11) is 0. The average Bonchev–Trinajstić information content (AvgIpc) is 3.28. The molecule has 6 aromatic carbocycles. The predicted octanol–water partition coefficient (Wildman–Crippen LogP) is 13.3. The largest absolute Gasteiger partial charge is 0.504 e. The van der Waals surface area contributed by atoms with Crippen molar-refractivity contribution in [2.75, 3.05) is 10.6 Å². The van der Waals surface area contributed by atoms with Gasteiger partial charge < -0.3 is 20.8 Å². The Morgan fingerprint density at radius 3 is 1.08 bits per heavy atom. The number of carbonyl (C=O) groups excluding carboxylic acids is 2. The number of hydrogen-bond donors (Lipinski definition) is 4. The number of nitrogens with one attached hydrogen (secondary N) is 2. The zero-order valence-electron chi connectivity index (χ0n) is 36.5. The number of allylic oxidation sites excluding steroid dienone is 4. The Morgan fingerprint density at radius 1 is 0.453 bits per heavy atom. The van der Waals surface area contributed by atoms with Crippen molar-refractivity contribution in [3.05, 3.63) is 179 Å². The fourth-order valence-electron chi connectivity index (χ4n) is 9.62. The third kappa shape index (κ3) is 6.44. The minimum atomic E-state index is -0.469. The normalized spacial score (nSPS) is 15.4. The number of hydrogen-bond acceptors (Lipinski definition) is 8. The first-order valence-corrected chi connectivity index (χ1v) is 21.7. The minimum absolute atomic E-state index is 0.143. The lowest BCUT2D eigenvalue weighted by atomic mass is 9.76. The smallest absolute Gasteiger partial charge is 0.229 e. The lowest BCUT2D eigenvalue weighted by molar-refractivity contribution is -0.113. The van der Waals surface area contributed by atoms with E-state index < -0.39 is 11.6 Å². The number of aliphatic hydroxyl groups excluding tert-OH is 2. The number of ketones is 2. The van der Waals surface area contributed by atoms with E-state index in [1.54, 1.807) is 12.4 Å². The van der Waals surface area contributed by atoms with Gasteiger partial charge in [0.2, 0.25) is 11.6 Å². The molecule has 0 saturated carbocycles. The molecule has 8 nitrogen and oxygen atoms in total. The lowest BCUT2D eigenvalue weighted by Crippen LogP contribution is -2.19. The van der Waals surface area contributed by atoms with E-state index >= 15 is 0 Å². The van der Waals surface area contributed by atoms with E-state index in [1.807, 2.05) is 151 Å². The van der Waals surface area contributed by atoms with E-state index in [0.29, 0.717) is 33.4 Å². The summed E-state index contributed by atoms with van der Waals surface area (Å²) in [6, 6.07) is 39.8. The monoisotopic (exact) mass is 838 g/mol. The molecule has 8 aromatic rings. The first-order chi connectivity index (χ1) is 30.9. The van der Waals surface area contributed by atoms with Crippen molar-refractivity contribution in [1.29, 1.82) is 0 Å².